The Morgan fingerprint density at radius 1 is 1.19 bits per heavy atom. The summed E-state index contributed by atoms with van der Waals surface area (Å²) in [7, 11) is 0. The van der Waals surface area contributed by atoms with Crippen molar-refractivity contribution in [2.24, 2.45) is 0 Å². The van der Waals surface area contributed by atoms with E-state index in [4.69, 9.17) is 0 Å². The van der Waals surface area contributed by atoms with Crippen LogP contribution >= 0.6 is 0 Å². The van der Waals surface area contributed by atoms with Gasteiger partial charge >= 0.3 is 0 Å². The molecular weight excluding hydrogens is 258 g/mol. The van der Waals surface area contributed by atoms with E-state index >= 15 is 0 Å². The van der Waals surface area contributed by atoms with E-state index in [1.165, 1.54) is 43.4 Å². The van der Waals surface area contributed by atoms with Gasteiger partial charge in [0.05, 0.1) is 5.69 Å². The lowest BCUT2D eigenvalue weighted by Gasteiger charge is -2.15. The van der Waals surface area contributed by atoms with Crippen LogP contribution in [0.4, 0.5) is 5.95 Å². The Balaban J connectivity index is 1.83. The van der Waals surface area contributed by atoms with Crippen molar-refractivity contribution in [2.45, 2.75) is 58.4 Å². The maximum Gasteiger partial charge on any atom is 0.207 e. The van der Waals surface area contributed by atoms with Crippen LogP contribution in [0.25, 0.3) is 5.69 Å². The Hall–Kier alpha value is -1.77. The summed E-state index contributed by atoms with van der Waals surface area (Å²) in [6, 6.07) is 9.45. The second-order valence-electron chi connectivity index (χ2n) is 6.12. The van der Waals surface area contributed by atoms with Crippen molar-refractivity contribution in [2.75, 3.05) is 5.32 Å². The minimum atomic E-state index is 0.588. The highest BCUT2D eigenvalue weighted by atomic mass is 15.2. The smallest absolute Gasteiger partial charge is 0.207 e. The first kappa shape index (κ1) is 14.2. The number of imidazole rings is 1. The molecule has 0 aliphatic heterocycles. The predicted octanol–water partition coefficient (Wildman–Crippen LogP) is 4.49. The van der Waals surface area contributed by atoms with Crippen molar-refractivity contribution >= 4 is 5.95 Å². The van der Waals surface area contributed by atoms with Gasteiger partial charge in [0.2, 0.25) is 5.95 Å². The molecule has 1 N–H and O–H groups in total. The van der Waals surface area contributed by atoms with Crippen molar-refractivity contribution in [3.05, 3.63) is 41.7 Å². The summed E-state index contributed by atoms with van der Waals surface area (Å²) in [5.74, 6) is 0.989. The van der Waals surface area contributed by atoms with E-state index in [1.807, 2.05) is 0 Å². The van der Waals surface area contributed by atoms with Crippen LogP contribution in [0, 0.1) is 6.92 Å². The van der Waals surface area contributed by atoms with Crippen LogP contribution in [0.2, 0.25) is 0 Å². The lowest BCUT2D eigenvalue weighted by molar-refractivity contribution is 0.740. The van der Waals surface area contributed by atoms with Gasteiger partial charge in [-0.2, -0.15) is 0 Å². The molecule has 112 valence electrons. The van der Waals surface area contributed by atoms with E-state index < -0.39 is 0 Å². The number of benzene rings is 1. The molecule has 0 radical (unpaired) electrons. The average Bonchev–Trinajstić information content (AvgIpc) is 3.10. The fourth-order valence-corrected chi connectivity index (χ4v) is 3.16. The molecular formula is C18H25N3. The van der Waals surface area contributed by atoms with Gasteiger partial charge in [-0.15, -0.1) is 0 Å². The Bertz CT molecular complexity index is 577. The van der Waals surface area contributed by atoms with Crippen molar-refractivity contribution in [3.8, 4) is 5.69 Å². The average molecular weight is 283 g/mol. The molecule has 3 heteroatoms. The molecule has 1 aliphatic rings. The second-order valence-corrected chi connectivity index (χ2v) is 6.12. The van der Waals surface area contributed by atoms with Crippen LogP contribution in [0.1, 0.15) is 50.3 Å². The number of anilines is 1. The molecule has 2 aromatic rings. The summed E-state index contributed by atoms with van der Waals surface area (Å²) in [5.41, 5.74) is 3.66. The Morgan fingerprint density at radius 2 is 1.90 bits per heavy atom. The van der Waals surface area contributed by atoms with Gasteiger partial charge < -0.3 is 5.32 Å². The van der Waals surface area contributed by atoms with Crippen LogP contribution in [0.15, 0.2) is 30.5 Å². The summed E-state index contributed by atoms with van der Waals surface area (Å²) in [4.78, 5) is 4.66. The number of nitrogens with one attached hydrogen (secondary N) is 1. The summed E-state index contributed by atoms with van der Waals surface area (Å²) in [5, 5.41) is 3.62. The zero-order valence-corrected chi connectivity index (χ0v) is 13.1. The fraction of sp³-hybridized carbons (Fsp3) is 0.500. The van der Waals surface area contributed by atoms with Crippen LogP contribution in [0.5, 0.6) is 0 Å². The minimum absolute atomic E-state index is 0.588. The first-order chi connectivity index (χ1) is 10.3. The summed E-state index contributed by atoms with van der Waals surface area (Å²) >= 11 is 0. The molecule has 1 aromatic heterocycles. The monoisotopic (exact) mass is 283 g/mol. The number of nitrogens with zero attached hydrogens (tertiary/aromatic N) is 2. The van der Waals surface area contributed by atoms with E-state index in [1.54, 1.807) is 0 Å². The molecule has 0 spiro atoms. The Labute approximate surface area is 127 Å². The normalized spacial score (nSPS) is 15.5. The minimum Gasteiger partial charge on any atom is -0.353 e. The molecule has 0 amide bonds. The van der Waals surface area contributed by atoms with Crippen molar-refractivity contribution < 1.29 is 0 Å². The zero-order valence-electron chi connectivity index (χ0n) is 13.1. The van der Waals surface area contributed by atoms with Gasteiger partial charge in [-0.25, -0.2) is 4.98 Å². The van der Waals surface area contributed by atoms with Crippen LogP contribution in [-0.4, -0.2) is 15.6 Å². The van der Waals surface area contributed by atoms with Gasteiger partial charge in [0, 0.05) is 17.9 Å². The lowest BCUT2D eigenvalue weighted by atomic mass is 10.1. The molecule has 0 unspecified atom stereocenters. The summed E-state index contributed by atoms with van der Waals surface area (Å²) < 4.78 is 2.18. The Morgan fingerprint density at radius 3 is 2.57 bits per heavy atom. The highest BCUT2D eigenvalue weighted by Crippen LogP contribution is 2.24. The summed E-state index contributed by atoms with van der Waals surface area (Å²) in [6.07, 6.45) is 9.66. The van der Waals surface area contributed by atoms with Gasteiger partial charge in [0.1, 0.15) is 0 Å². The van der Waals surface area contributed by atoms with Crippen LogP contribution in [-0.2, 0) is 6.42 Å². The van der Waals surface area contributed by atoms with Crippen molar-refractivity contribution in [3.63, 3.8) is 0 Å². The molecule has 1 saturated carbocycles. The Kier molecular flexibility index (Phi) is 4.28. The van der Waals surface area contributed by atoms with Gasteiger partial charge in [0.15, 0.2) is 0 Å². The number of aryl methyl sites for hydroxylation is 2. The van der Waals surface area contributed by atoms with Gasteiger partial charge in [-0.3, -0.25) is 4.57 Å². The molecule has 3 rings (SSSR count). The third-order valence-electron chi connectivity index (χ3n) is 4.27. The van der Waals surface area contributed by atoms with Crippen molar-refractivity contribution in [1.82, 2.24) is 9.55 Å². The van der Waals surface area contributed by atoms with E-state index in [2.05, 4.69) is 59.2 Å². The molecule has 1 heterocycles. The molecule has 0 saturated heterocycles. The topological polar surface area (TPSA) is 29.9 Å². The number of rotatable bonds is 5. The van der Waals surface area contributed by atoms with Gasteiger partial charge in [-0.05, 0) is 43.9 Å². The molecule has 1 aromatic carbocycles. The molecule has 0 bridgehead atoms. The molecule has 0 atom stereocenters. The summed E-state index contributed by atoms with van der Waals surface area (Å²) in [6.45, 7) is 4.28. The van der Waals surface area contributed by atoms with Crippen LogP contribution in [0.3, 0.4) is 0 Å². The highest BCUT2D eigenvalue weighted by molar-refractivity contribution is 5.44. The first-order valence-electron chi connectivity index (χ1n) is 8.18. The third kappa shape index (κ3) is 3.29. The number of hydrogen-bond donors (Lipinski definition) is 1. The molecule has 21 heavy (non-hydrogen) atoms. The zero-order chi connectivity index (χ0) is 14.7. The standard InChI is InChI=1S/C18H25N3/c1-3-6-15-9-11-17(12-10-15)21-13-14(2)19-18(21)20-16-7-4-5-8-16/h9-13,16H,3-8H2,1-2H3,(H,19,20). The largest absolute Gasteiger partial charge is 0.353 e. The van der Waals surface area contributed by atoms with E-state index in [0.29, 0.717) is 6.04 Å². The van der Waals surface area contributed by atoms with Crippen LogP contribution < -0.4 is 5.32 Å². The van der Waals surface area contributed by atoms with Crippen molar-refractivity contribution in [1.29, 1.82) is 0 Å². The van der Waals surface area contributed by atoms with E-state index in [-0.39, 0.29) is 0 Å². The highest BCUT2D eigenvalue weighted by Gasteiger charge is 2.17. The SMILES string of the molecule is CCCc1ccc(-n2cc(C)nc2NC2CCCC2)cc1. The quantitative estimate of drug-likeness (QED) is 0.876. The fourth-order valence-electron chi connectivity index (χ4n) is 3.16. The number of hydrogen-bond acceptors (Lipinski definition) is 2. The molecule has 1 aliphatic carbocycles. The number of aromatic nitrogens is 2. The third-order valence-corrected chi connectivity index (χ3v) is 4.27. The van der Waals surface area contributed by atoms with Gasteiger partial charge in [0.25, 0.3) is 0 Å². The molecule has 3 nitrogen and oxygen atoms in total. The van der Waals surface area contributed by atoms with Gasteiger partial charge in [-0.1, -0.05) is 38.3 Å². The molecule has 1 fully saturated rings. The second kappa shape index (κ2) is 6.33. The lowest BCUT2D eigenvalue weighted by Crippen LogP contribution is -2.17. The maximum atomic E-state index is 4.66. The first-order valence-corrected chi connectivity index (χ1v) is 8.18. The van der Waals surface area contributed by atoms with E-state index in [9.17, 15) is 0 Å². The maximum absolute atomic E-state index is 4.66. The predicted molar refractivity (Wildman–Crippen MR) is 88.2 cm³/mol. The van der Waals surface area contributed by atoms with E-state index in [0.717, 1.165) is 18.1 Å².